The molecule has 1 aromatic heterocycles. The molecule has 0 radical (unpaired) electrons. The van der Waals surface area contributed by atoms with Crippen molar-refractivity contribution in [3.05, 3.63) is 53.7 Å². The zero-order valence-corrected chi connectivity index (χ0v) is 20.4. The van der Waals surface area contributed by atoms with Gasteiger partial charge in [0.25, 0.3) is 0 Å². The molecule has 0 bridgehead atoms. The molecule has 0 aliphatic carbocycles. The summed E-state index contributed by atoms with van der Waals surface area (Å²) in [5, 5.41) is 17.0. The molecular formula is C27H33N5O3. The van der Waals surface area contributed by atoms with Crippen molar-refractivity contribution in [2.24, 2.45) is 0 Å². The molecule has 1 saturated heterocycles. The number of nitrogens with one attached hydrogen (secondary N) is 2. The summed E-state index contributed by atoms with van der Waals surface area (Å²) in [5.74, 6) is 1.83. The predicted molar refractivity (Wildman–Crippen MR) is 138 cm³/mol. The van der Waals surface area contributed by atoms with E-state index in [1.54, 1.807) is 20.4 Å². The number of nitrogens with zero attached hydrogens (tertiary/aromatic N) is 3. The highest BCUT2D eigenvalue weighted by Gasteiger charge is 2.22. The van der Waals surface area contributed by atoms with Gasteiger partial charge in [0.05, 0.1) is 19.9 Å². The first-order chi connectivity index (χ1) is 17.1. The summed E-state index contributed by atoms with van der Waals surface area (Å²) in [6, 6.07) is 12.0. The number of hydrogen-bond donors (Lipinski definition) is 3. The lowest BCUT2D eigenvalue weighted by Gasteiger charge is -2.16. The molecule has 2 aliphatic rings. The van der Waals surface area contributed by atoms with Crippen LogP contribution in [0.3, 0.4) is 0 Å². The zero-order chi connectivity index (χ0) is 24.2. The van der Waals surface area contributed by atoms with Crippen molar-refractivity contribution >= 4 is 17.3 Å². The van der Waals surface area contributed by atoms with Gasteiger partial charge < -0.3 is 30.1 Å². The maximum Gasteiger partial charge on any atom is 0.227 e. The Morgan fingerprint density at radius 2 is 1.86 bits per heavy atom. The fraction of sp³-hybridized carbons (Fsp3) is 0.407. The summed E-state index contributed by atoms with van der Waals surface area (Å²) in [5.41, 5.74) is 5.65. The minimum atomic E-state index is -0.693. The topological polar surface area (TPSA) is 91.8 Å². The third-order valence-corrected chi connectivity index (χ3v) is 6.69. The van der Waals surface area contributed by atoms with E-state index in [2.05, 4.69) is 38.7 Å². The Hall–Kier alpha value is -3.36. The average molecular weight is 476 g/mol. The van der Waals surface area contributed by atoms with Gasteiger partial charge in [-0.15, -0.1) is 0 Å². The van der Waals surface area contributed by atoms with Crippen molar-refractivity contribution < 1.29 is 14.6 Å². The van der Waals surface area contributed by atoms with Gasteiger partial charge >= 0.3 is 0 Å². The van der Waals surface area contributed by atoms with Gasteiger partial charge in [0.2, 0.25) is 5.95 Å². The maximum absolute atomic E-state index is 10.5. The van der Waals surface area contributed by atoms with Crippen LogP contribution in [0.25, 0.3) is 11.3 Å². The summed E-state index contributed by atoms with van der Waals surface area (Å²) in [4.78, 5) is 11.9. The fourth-order valence-corrected chi connectivity index (χ4v) is 4.88. The van der Waals surface area contributed by atoms with Crippen LogP contribution in [0.1, 0.15) is 30.4 Å². The first kappa shape index (κ1) is 23.4. The summed E-state index contributed by atoms with van der Waals surface area (Å²) in [6.45, 7) is 3.60. The van der Waals surface area contributed by atoms with E-state index in [0.29, 0.717) is 23.9 Å². The lowest BCUT2D eigenvalue weighted by atomic mass is 10.00. The summed E-state index contributed by atoms with van der Waals surface area (Å²) in [6.07, 6.45) is 6.33. The van der Waals surface area contributed by atoms with Crippen molar-refractivity contribution in [3.63, 3.8) is 0 Å². The molecule has 8 nitrogen and oxygen atoms in total. The van der Waals surface area contributed by atoms with Crippen LogP contribution in [0.4, 0.5) is 17.3 Å². The molecule has 5 rings (SSSR count). The monoisotopic (exact) mass is 475 g/mol. The Labute approximate surface area is 206 Å². The maximum atomic E-state index is 10.5. The van der Waals surface area contributed by atoms with E-state index in [-0.39, 0.29) is 0 Å². The molecule has 1 atom stereocenters. The molecule has 0 spiro atoms. The van der Waals surface area contributed by atoms with Crippen LogP contribution in [-0.4, -0.2) is 60.1 Å². The van der Waals surface area contributed by atoms with E-state index in [9.17, 15) is 5.11 Å². The third kappa shape index (κ3) is 5.49. The second kappa shape index (κ2) is 10.5. The molecule has 3 heterocycles. The van der Waals surface area contributed by atoms with Gasteiger partial charge in [0.15, 0.2) is 0 Å². The van der Waals surface area contributed by atoms with Crippen molar-refractivity contribution in [1.82, 2.24) is 14.9 Å². The van der Waals surface area contributed by atoms with Crippen molar-refractivity contribution in [2.75, 3.05) is 44.5 Å². The number of likely N-dealkylation sites (tertiary alicyclic amines) is 1. The molecule has 8 heteroatoms. The van der Waals surface area contributed by atoms with Crippen LogP contribution < -0.4 is 20.1 Å². The van der Waals surface area contributed by atoms with Crippen LogP contribution in [0.15, 0.2) is 42.6 Å². The minimum Gasteiger partial charge on any atom is -0.497 e. The van der Waals surface area contributed by atoms with Gasteiger partial charge in [-0.25, -0.2) is 9.97 Å². The number of fused-ring (bicyclic) bond motifs is 3. The fourth-order valence-electron chi connectivity index (χ4n) is 4.88. The average Bonchev–Trinajstić information content (AvgIpc) is 3.34. The predicted octanol–water partition coefficient (Wildman–Crippen LogP) is 4.22. The number of ether oxygens (including phenoxy) is 2. The smallest absolute Gasteiger partial charge is 0.227 e. The number of hydrogen-bond acceptors (Lipinski definition) is 8. The Morgan fingerprint density at radius 3 is 2.60 bits per heavy atom. The van der Waals surface area contributed by atoms with Crippen LogP contribution >= 0.6 is 0 Å². The second-order valence-electron chi connectivity index (χ2n) is 9.19. The Bertz CT molecular complexity index is 1160. The highest BCUT2D eigenvalue weighted by atomic mass is 16.5. The quantitative estimate of drug-likeness (QED) is 0.446. The van der Waals surface area contributed by atoms with E-state index in [1.807, 2.05) is 18.2 Å². The Kier molecular flexibility index (Phi) is 7.01. The molecule has 2 aromatic carbocycles. The number of aliphatic hydroxyl groups excluding tert-OH is 1. The largest absolute Gasteiger partial charge is 0.497 e. The molecule has 3 N–H and O–H groups in total. The molecule has 0 amide bonds. The van der Waals surface area contributed by atoms with Crippen LogP contribution in [-0.2, 0) is 12.8 Å². The molecule has 184 valence electrons. The van der Waals surface area contributed by atoms with Crippen LogP contribution in [0.2, 0.25) is 0 Å². The molecule has 3 aromatic rings. The molecule has 0 saturated carbocycles. The highest BCUT2D eigenvalue weighted by molar-refractivity contribution is 5.80. The van der Waals surface area contributed by atoms with E-state index >= 15 is 0 Å². The van der Waals surface area contributed by atoms with Gasteiger partial charge in [-0.2, -0.15) is 0 Å². The number of benzene rings is 2. The number of aromatic nitrogens is 2. The zero-order valence-electron chi connectivity index (χ0n) is 20.4. The van der Waals surface area contributed by atoms with Crippen LogP contribution in [0, 0.1) is 0 Å². The molecule has 1 fully saturated rings. The van der Waals surface area contributed by atoms with Gasteiger partial charge in [-0.05, 0) is 63.0 Å². The number of aliphatic hydroxyl groups is 1. The van der Waals surface area contributed by atoms with E-state index in [0.717, 1.165) is 47.6 Å². The normalized spacial score (nSPS) is 17.2. The summed E-state index contributed by atoms with van der Waals surface area (Å²) in [7, 11) is 3.24. The number of anilines is 3. The van der Waals surface area contributed by atoms with Crippen molar-refractivity contribution in [3.8, 4) is 22.8 Å². The molecular weight excluding hydrogens is 442 g/mol. The molecule has 35 heavy (non-hydrogen) atoms. The van der Waals surface area contributed by atoms with Crippen molar-refractivity contribution in [2.45, 2.75) is 38.3 Å². The Morgan fingerprint density at radius 1 is 1.09 bits per heavy atom. The third-order valence-electron chi connectivity index (χ3n) is 6.69. The lowest BCUT2D eigenvalue weighted by Crippen LogP contribution is -2.20. The second-order valence-corrected chi connectivity index (χ2v) is 9.19. The standard InChI is InChI=1S/C27H33N5O3/c1-34-21-14-20(15-22(16-21)35-2)29-27-28-17-19-13-25(33)30-24-8-7-18(12-23(24)26(19)31-27)6-5-11-32-9-3-4-10-32/h7-8,12,14-17,25,30,33H,3-6,9-11,13H2,1-2H3,(H,28,29,31). The number of methoxy groups -OCH3 is 2. The van der Waals surface area contributed by atoms with E-state index in [4.69, 9.17) is 14.5 Å². The number of aryl methyl sites for hydroxylation is 1. The first-order valence-electron chi connectivity index (χ1n) is 12.3. The van der Waals surface area contributed by atoms with Gasteiger partial charge in [0.1, 0.15) is 17.7 Å². The SMILES string of the molecule is COc1cc(Nc2ncc3c(n2)-c2cc(CCCN4CCCC4)ccc2NC(O)C3)cc(OC)c1. The highest BCUT2D eigenvalue weighted by Crippen LogP contribution is 2.35. The van der Waals surface area contributed by atoms with Crippen LogP contribution in [0.5, 0.6) is 11.5 Å². The van der Waals surface area contributed by atoms with E-state index < -0.39 is 6.23 Å². The van der Waals surface area contributed by atoms with Gasteiger partial charge in [-0.1, -0.05) is 6.07 Å². The minimum absolute atomic E-state index is 0.432. The van der Waals surface area contributed by atoms with Gasteiger partial charge in [0, 0.05) is 53.3 Å². The summed E-state index contributed by atoms with van der Waals surface area (Å²) < 4.78 is 10.8. The van der Waals surface area contributed by atoms with Crippen molar-refractivity contribution in [1.29, 1.82) is 0 Å². The first-order valence-corrected chi connectivity index (χ1v) is 12.3. The Balaban J connectivity index is 1.42. The van der Waals surface area contributed by atoms with Gasteiger partial charge in [-0.3, -0.25) is 0 Å². The van der Waals surface area contributed by atoms with E-state index in [1.165, 1.54) is 31.5 Å². The number of rotatable bonds is 8. The molecule has 2 aliphatic heterocycles. The molecule has 1 unspecified atom stereocenters. The lowest BCUT2D eigenvalue weighted by molar-refractivity contribution is 0.205. The summed E-state index contributed by atoms with van der Waals surface area (Å²) >= 11 is 0.